The van der Waals surface area contributed by atoms with Crippen molar-refractivity contribution in [1.82, 2.24) is 15.1 Å². The minimum absolute atomic E-state index is 0.113. The van der Waals surface area contributed by atoms with Crippen molar-refractivity contribution in [3.05, 3.63) is 24.0 Å². The molecule has 0 unspecified atom stereocenters. The molecule has 0 radical (unpaired) electrons. The molecule has 1 amide bonds. The Balaban J connectivity index is 1.90. The predicted molar refractivity (Wildman–Crippen MR) is 75.4 cm³/mol. The topological polar surface area (TPSA) is 93.5 Å². The number of rotatable bonds is 5. The van der Waals surface area contributed by atoms with E-state index in [1.54, 1.807) is 30.2 Å². The number of aryl methyl sites for hydroxylation is 1. The lowest BCUT2D eigenvalue weighted by molar-refractivity contribution is -0.154. The number of carboxylic acids is 1. The van der Waals surface area contributed by atoms with E-state index < -0.39 is 11.4 Å². The van der Waals surface area contributed by atoms with Crippen LogP contribution in [0.15, 0.2) is 18.5 Å². The summed E-state index contributed by atoms with van der Waals surface area (Å²) in [6, 6.07) is 0. The van der Waals surface area contributed by atoms with Crippen LogP contribution in [0, 0.1) is 5.41 Å². The second kappa shape index (κ2) is 6.53. The lowest BCUT2D eigenvalue weighted by atomic mass is 9.80. The molecular formula is C14H19N3O4. The van der Waals surface area contributed by atoms with Gasteiger partial charge in [0.15, 0.2) is 0 Å². The first-order valence-corrected chi connectivity index (χ1v) is 6.78. The van der Waals surface area contributed by atoms with E-state index in [0.29, 0.717) is 26.1 Å². The second-order valence-electron chi connectivity index (χ2n) is 5.20. The SMILES string of the molecule is Cn1cc(/C=C/C(=O)NCC2(C(=O)O)CCOCC2)cn1. The Morgan fingerprint density at radius 3 is 2.81 bits per heavy atom. The predicted octanol–water partition coefficient (Wildman–Crippen LogP) is 0.431. The standard InChI is InChI=1S/C14H19N3O4/c1-17-9-11(8-16-17)2-3-12(18)15-10-14(13(19)20)4-6-21-7-5-14/h2-3,8-9H,4-7,10H2,1H3,(H,15,18)(H,19,20)/b3-2+. The summed E-state index contributed by atoms with van der Waals surface area (Å²) in [6.45, 7) is 0.934. The van der Waals surface area contributed by atoms with Gasteiger partial charge in [-0.1, -0.05) is 0 Å². The molecule has 21 heavy (non-hydrogen) atoms. The molecule has 1 saturated heterocycles. The molecule has 1 aliphatic heterocycles. The van der Waals surface area contributed by atoms with E-state index in [2.05, 4.69) is 10.4 Å². The van der Waals surface area contributed by atoms with E-state index in [1.165, 1.54) is 6.08 Å². The summed E-state index contributed by atoms with van der Waals surface area (Å²) in [5.74, 6) is -1.20. The fourth-order valence-electron chi connectivity index (χ4n) is 2.24. The van der Waals surface area contributed by atoms with Gasteiger partial charge in [0, 0.05) is 44.6 Å². The molecule has 2 rings (SSSR count). The number of amides is 1. The summed E-state index contributed by atoms with van der Waals surface area (Å²) >= 11 is 0. The Hall–Kier alpha value is -2.15. The van der Waals surface area contributed by atoms with Gasteiger partial charge < -0.3 is 15.2 Å². The van der Waals surface area contributed by atoms with Gasteiger partial charge in [0.2, 0.25) is 5.91 Å². The van der Waals surface area contributed by atoms with Gasteiger partial charge in [0.25, 0.3) is 0 Å². The number of aromatic nitrogens is 2. The van der Waals surface area contributed by atoms with Gasteiger partial charge >= 0.3 is 5.97 Å². The minimum atomic E-state index is -0.921. The highest BCUT2D eigenvalue weighted by Gasteiger charge is 2.40. The quantitative estimate of drug-likeness (QED) is 0.768. The number of carbonyl (C=O) groups is 2. The molecule has 1 aromatic rings. The number of hydrogen-bond acceptors (Lipinski definition) is 4. The lowest BCUT2D eigenvalue weighted by Gasteiger charge is -2.32. The molecule has 0 aromatic carbocycles. The normalized spacial score (nSPS) is 17.8. The fourth-order valence-corrected chi connectivity index (χ4v) is 2.24. The molecule has 1 aliphatic rings. The van der Waals surface area contributed by atoms with Crippen LogP contribution >= 0.6 is 0 Å². The lowest BCUT2D eigenvalue weighted by Crippen LogP contribution is -2.46. The molecule has 0 aliphatic carbocycles. The van der Waals surface area contributed by atoms with E-state index >= 15 is 0 Å². The van der Waals surface area contributed by atoms with Crippen LogP contribution in [0.25, 0.3) is 6.08 Å². The molecule has 0 bridgehead atoms. The van der Waals surface area contributed by atoms with Gasteiger partial charge in [-0.05, 0) is 18.9 Å². The van der Waals surface area contributed by atoms with E-state index in [0.717, 1.165) is 5.56 Å². The van der Waals surface area contributed by atoms with Gasteiger partial charge in [0.1, 0.15) is 0 Å². The largest absolute Gasteiger partial charge is 0.481 e. The van der Waals surface area contributed by atoms with Gasteiger partial charge in [-0.25, -0.2) is 0 Å². The summed E-state index contributed by atoms with van der Waals surface area (Å²) in [5, 5.41) is 16.0. The number of carbonyl (C=O) groups excluding carboxylic acids is 1. The number of hydrogen-bond donors (Lipinski definition) is 2. The molecule has 7 heteroatoms. The van der Waals surface area contributed by atoms with Crippen molar-refractivity contribution >= 4 is 18.0 Å². The molecule has 2 heterocycles. The number of ether oxygens (including phenoxy) is 1. The Morgan fingerprint density at radius 1 is 1.52 bits per heavy atom. The van der Waals surface area contributed by atoms with Gasteiger partial charge in [0.05, 0.1) is 11.6 Å². The van der Waals surface area contributed by atoms with Crippen LogP contribution in [0.1, 0.15) is 18.4 Å². The number of nitrogens with zero attached hydrogens (tertiary/aromatic N) is 2. The fraction of sp³-hybridized carbons (Fsp3) is 0.500. The van der Waals surface area contributed by atoms with Gasteiger partial charge in [-0.2, -0.15) is 5.10 Å². The zero-order valence-electron chi connectivity index (χ0n) is 11.9. The third-order valence-electron chi connectivity index (χ3n) is 3.66. The summed E-state index contributed by atoms with van der Waals surface area (Å²) < 4.78 is 6.83. The number of nitrogens with one attached hydrogen (secondary N) is 1. The van der Waals surface area contributed by atoms with Gasteiger partial charge in [-0.15, -0.1) is 0 Å². The molecule has 7 nitrogen and oxygen atoms in total. The summed E-state index contributed by atoms with van der Waals surface area (Å²) in [5.41, 5.74) is -0.109. The average Bonchev–Trinajstić information content (AvgIpc) is 2.89. The van der Waals surface area contributed by atoms with Crippen molar-refractivity contribution in [3.8, 4) is 0 Å². The molecule has 2 N–H and O–H groups in total. The monoisotopic (exact) mass is 293 g/mol. The van der Waals surface area contributed by atoms with E-state index in [-0.39, 0.29) is 12.5 Å². The van der Waals surface area contributed by atoms with Crippen molar-refractivity contribution in [2.24, 2.45) is 12.5 Å². The van der Waals surface area contributed by atoms with Crippen molar-refractivity contribution in [2.75, 3.05) is 19.8 Å². The number of aliphatic carboxylic acids is 1. The zero-order valence-corrected chi connectivity index (χ0v) is 11.9. The summed E-state index contributed by atoms with van der Waals surface area (Å²) in [7, 11) is 1.79. The third-order valence-corrected chi connectivity index (χ3v) is 3.66. The van der Waals surface area contributed by atoms with Crippen LogP contribution in [-0.2, 0) is 21.4 Å². The first kappa shape index (κ1) is 15.2. The third kappa shape index (κ3) is 3.91. The van der Waals surface area contributed by atoms with E-state index in [1.807, 2.05) is 0 Å². The molecule has 1 aromatic heterocycles. The van der Waals surface area contributed by atoms with Crippen LogP contribution in [0.2, 0.25) is 0 Å². The second-order valence-corrected chi connectivity index (χ2v) is 5.20. The molecule has 1 fully saturated rings. The molecule has 0 atom stereocenters. The first-order valence-electron chi connectivity index (χ1n) is 6.78. The molecular weight excluding hydrogens is 274 g/mol. The Labute approximate surface area is 122 Å². The minimum Gasteiger partial charge on any atom is -0.481 e. The van der Waals surface area contributed by atoms with Crippen molar-refractivity contribution in [3.63, 3.8) is 0 Å². The smallest absolute Gasteiger partial charge is 0.311 e. The average molecular weight is 293 g/mol. The van der Waals surface area contributed by atoms with Crippen LogP contribution < -0.4 is 5.32 Å². The van der Waals surface area contributed by atoms with E-state index in [9.17, 15) is 14.7 Å². The van der Waals surface area contributed by atoms with Crippen LogP contribution in [-0.4, -0.2) is 46.5 Å². The van der Waals surface area contributed by atoms with Crippen LogP contribution in [0.4, 0.5) is 0 Å². The summed E-state index contributed by atoms with van der Waals surface area (Å²) in [4.78, 5) is 23.2. The number of carboxylic acid groups (broad SMARTS) is 1. The molecule has 114 valence electrons. The zero-order chi connectivity index (χ0) is 15.3. The Kier molecular flexibility index (Phi) is 4.74. The molecule has 0 saturated carbocycles. The highest BCUT2D eigenvalue weighted by molar-refractivity contribution is 5.92. The maximum Gasteiger partial charge on any atom is 0.311 e. The van der Waals surface area contributed by atoms with Crippen molar-refractivity contribution in [2.45, 2.75) is 12.8 Å². The highest BCUT2D eigenvalue weighted by Crippen LogP contribution is 2.30. The highest BCUT2D eigenvalue weighted by atomic mass is 16.5. The maximum atomic E-state index is 11.8. The van der Waals surface area contributed by atoms with Crippen LogP contribution in [0.5, 0.6) is 0 Å². The van der Waals surface area contributed by atoms with E-state index in [4.69, 9.17) is 4.74 Å². The van der Waals surface area contributed by atoms with Gasteiger partial charge in [-0.3, -0.25) is 14.3 Å². The van der Waals surface area contributed by atoms with Crippen molar-refractivity contribution < 1.29 is 19.4 Å². The molecule has 0 spiro atoms. The van der Waals surface area contributed by atoms with Crippen molar-refractivity contribution in [1.29, 1.82) is 0 Å². The first-order chi connectivity index (χ1) is 10.0. The maximum absolute atomic E-state index is 11.8. The summed E-state index contributed by atoms with van der Waals surface area (Å²) in [6.07, 6.45) is 7.26. The Bertz CT molecular complexity index is 544. The Morgan fingerprint density at radius 2 is 2.24 bits per heavy atom. The van der Waals surface area contributed by atoms with Crippen LogP contribution in [0.3, 0.4) is 0 Å².